The second-order valence-corrected chi connectivity index (χ2v) is 10.9. The topological polar surface area (TPSA) is 79.1 Å². The van der Waals surface area contributed by atoms with Crippen LogP contribution in [0.5, 0.6) is 11.5 Å². The van der Waals surface area contributed by atoms with Crippen LogP contribution in [0.15, 0.2) is 61.9 Å². The first-order valence-corrected chi connectivity index (χ1v) is 13.6. The highest BCUT2D eigenvalue weighted by molar-refractivity contribution is 9.10. The van der Waals surface area contributed by atoms with Crippen LogP contribution in [0.2, 0.25) is 5.02 Å². The third-order valence-electron chi connectivity index (χ3n) is 5.62. The third-order valence-corrected chi connectivity index (χ3v) is 7.40. The Bertz CT molecular complexity index is 1570. The molecule has 1 aliphatic rings. The lowest BCUT2D eigenvalue weighted by Gasteiger charge is -2.26. The fourth-order valence-electron chi connectivity index (χ4n) is 4.10. The van der Waals surface area contributed by atoms with Crippen molar-refractivity contribution in [1.82, 2.24) is 4.57 Å². The highest BCUT2D eigenvalue weighted by atomic mass is 79.9. The maximum atomic E-state index is 13.8. The highest BCUT2D eigenvalue weighted by Gasteiger charge is 2.35. The summed E-state index contributed by atoms with van der Waals surface area (Å²) in [6.07, 6.45) is 1.42. The zero-order valence-corrected chi connectivity index (χ0v) is 24.2. The SMILES string of the molecule is CCOc1ccc(/C=c2\sc3n(c2=O)[C@H](c2cc(Br)ccc2OC)C(C(=O)OC(C)C)=C(C)N=3)cc1Cl. The van der Waals surface area contributed by atoms with E-state index in [4.69, 9.17) is 25.8 Å². The Hall–Kier alpha value is -2.88. The van der Waals surface area contributed by atoms with Gasteiger partial charge >= 0.3 is 5.97 Å². The molecule has 2 heterocycles. The van der Waals surface area contributed by atoms with E-state index in [1.54, 1.807) is 52.2 Å². The molecule has 2 aromatic carbocycles. The minimum atomic E-state index is -0.791. The van der Waals surface area contributed by atoms with Gasteiger partial charge in [0.1, 0.15) is 17.5 Å². The van der Waals surface area contributed by atoms with Gasteiger partial charge in [0.25, 0.3) is 5.56 Å². The number of halogens is 2. The first-order valence-electron chi connectivity index (χ1n) is 11.6. The minimum absolute atomic E-state index is 0.285. The molecule has 0 amide bonds. The van der Waals surface area contributed by atoms with Gasteiger partial charge in [0.05, 0.1) is 40.6 Å². The molecule has 0 unspecified atom stereocenters. The Morgan fingerprint density at radius 3 is 2.62 bits per heavy atom. The molecular formula is C27H26BrClN2O5S. The molecule has 194 valence electrons. The lowest BCUT2D eigenvalue weighted by atomic mass is 9.95. The van der Waals surface area contributed by atoms with Crippen LogP contribution >= 0.6 is 38.9 Å². The van der Waals surface area contributed by atoms with Crippen LogP contribution in [-0.4, -0.2) is 30.4 Å². The lowest BCUT2D eigenvalue weighted by molar-refractivity contribution is -0.143. The Morgan fingerprint density at radius 2 is 1.97 bits per heavy atom. The first kappa shape index (κ1) is 27.2. The van der Waals surface area contributed by atoms with Crippen LogP contribution in [0, 0.1) is 0 Å². The number of esters is 1. The van der Waals surface area contributed by atoms with Gasteiger partial charge in [0.2, 0.25) is 0 Å². The molecule has 4 rings (SSSR count). The number of methoxy groups -OCH3 is 1. The molecule has 0 aliphatic carbocycles. The Morgan fingerprint density at radius 1 is 1.24 bits per heavy atom. The van der Waals surface area contributed by atoms with Gasteiger partial charge in [-0.15, -0.1) is 0 Å². The molecule has 7 nitrogen and oxygen atoms in total. The van der Waals surface area contributed by atoms with Crippen molar-refractivity contribution < 1.29 is 19.0 Å². The van der Waals surface area contributed by atoms with Crippen molar-refractivity contribution >= 4 is 50.9 Å². The number of rotatable bonds is 7. The molecule has 0 fully saturated rings. The van der Waals surface area contributed by atoms with Crippen molar-refractivity contribution in [3.8, 4) is 11.5 Å². The van der Waals surface area contributed by atoms with Crippen molar-refractivity contribution in [3.63, 3.8) is 0 Å². The normalized spacial score (nSPS) is 15.5. The number of carbonyl (C=O) groups is 1. The summed E-state index contributed by atoms with van der Waals surface area (Å²) in [5.41, 5.74) is 1.86. The van der Waals surface area contributed by atoms with E-state index in [0.717, 1.165) is 10.0 Å². The second-order valence-electron chi connectivity index (χ2n) is 8.55. The molecular weight excluding hydrogens is 580 g/mol. The number of ether oxygens (including phenoxy) is 3. The van der Waals surface area contributed by atoms with E-state index < -0.39 is 12.0 Å². The number of hydrogen-bond acceptors (Lipinski definition) is 7. The fourth-order valence-corrected chi connectivity index (χ4v) is 5.77. The Labute approximate surface area is 231 Å². The van der Waals surface area contributed by atoms with E-state index >= 15 is 0 Å². The minimum Gasteiger partial charge on any atom is -0.496 e. The molecule has 1 aromatic heterocycles. The average molecular weight is 606 g/mol. The monoisotopic (exact) mass is 604 g/mol. The summed E-state index contributed by atoms with van der Waals surface area (Å²) >= 11 is 11.1. The summed E-state index contributed by atoms with van der Waals surface area (Å²) < 4.78 is 19.5. The molecule has 0 spiro atoms. The van der Waals surface area contributed by atoms with Crippen molar-refractivity contribution in [2.45, 2.75) is 39.8 Å². The lowest BCUT2D eigenvalue weighted by Crippen LogP contribution is -2.40. The molecule has 3 aromatic rings. The van der Waals surface area contributed by atoms with Crippen molar-refractivity contribution in [2.75, 3.05) is 13.7 Å². The summed E-state index contributed by atoms with van der Waals surface area (Å²) in [6, 6.07) is 10.0. The van der Waals surface area contributed by atoms with E-state index in [0.29, 0.717) is 43.7 Å². The van der Waals surface area contributed by atoms with E-state index in [-0.39, 0.29) is 17.2 Å². The maximum absolute atomic E-state index is 13.8. The average Bonchev–Trinajstić information content (AvgIpc) is 3.13. The molecule has 10 heteroatoms. The second kappa shape index (κ2) is 11.2. The van der Waals surface area contributed by atoms with Crippen molar-refractivity contribution in [1.29, 1.82) is 0 Å². The first-order chi connectivity index (χ1) is 17.6. The van der Waals surface area contributed by atoms with E-state index in [2.05, 4.69) is 20.9 Å². The molecule has 0 saturated carbocycles. The number of thiazole rings is 1. The fraction of sp³-hybridized carbons (Fsp3) is 0.296. The van der Waals surface area contributed by atoms with Gasteiger partial charge in [-0.1, -0.05) is 44.9 Å². The van der Waals surface area contributed by atoms with Crippen LogP contribution in [0.3, 0.4) is 0 Å². The Balaban J connectivity index is 1.95. The van der Waals surface area contributed by atoms with Crippen molar-refractivity contribution in [3.05, 3.63) is 88.0 Å². The standard InChI is InChI=1S/C27H26BrClN2O5S/c1-6-35-21-9-7-16(11-19(21)29)12-22-25(32)31-24(18-13-17(28)8-10-20(18)34-5)23(26(33)36-14(2)3)15(4)30-27(31)37-22/h7-14,24H,6H2,1-5H3/b22-12-/t24-/m1/s1. The predicted molar refractivity (Wildman–Crippen MR) is 148 cm³/mol. The van der Waals surface area contributed by atoms with E-state index in [9.17, 15) is 9.59 Å². The number of carbonyl (C=O) groups excluding carboxylic acids is 1. The summed E-state index contributed by atoms with van der Waals surface area (Å²) in [5, 5.41) is 0.453. The molecule has 0 saturated heterocycles. The van der Waals surface area contributed by atoms with Crippen LogP contribution in [0.25, 0.3) is 6.08 Å². The predicted octanol–water partition coefficient (Wildman–Crippen LogP) is 5.01. The number of hydrogen-bond donors (Lipinski definition) is 0. The number of nitrogens with zero attached hydrogens (tertiary/aromatic N) is 2. The number of fused-ring (bicyclic) bond motifs is 1. The van der Waals surface area contributed by atoms with Crippen LogP contribution < -0.4 is 24.4 Å². The van der Waals surface area contributed by atoms with Gasteiger partial charge < -0.3 is 14.2 Å². The smallest absolute Gasteiger partial charge is 0.338 e. The largest absolute Gasteiger partial charge is 0.496 e. The molecule has 1 aliphatic heterocycles. The van der Waals surface area contributed by atoms with Crippen LogP contribution in [-0.2, 0) is 9.53 Å². The van der Waals surface area contributed by atoms with Gasteiger partial charge in [-0.3, -0.25) is 9.36 Å². The number of aromatic nitrogens is 1. The molecule has 0 N–H and O–H groups in total. The zero-order valence-electron chi connectivity index (χ0n) is 21.0. The summed E-state index contributed by atoms with van der Waals surface area (Å²) in [7, 11) is 1.55. The van der Waals surface area contributed by atoms with Gasteiger partial charge in [-0.05, 0) is 69.7 Å². The van der Waals surface area contributed by atoms with Crippen LogP contribution in [0.1, 0.15) is 44.9 Å². The molecule has 37 heavy (non-hydrogen) atoms. The number of benzene rings is 2. The highest BCUT2D eigenvalue weighted by Crippen LogP contribution is 2.37. The van der Waals surface area contributed by atoms with E-state index in [1.165, 1.54) is 15.9 Å². The van der Waals surface area contributed by atoms with Gasteiger partial charge in [-0.2, -0.15) is 0 Å². The molecule has 1 atom stereocenters. The van der Waals surface area contributed by atoms with Crippen LogP contribution in [0.4, 0.5) is 0 Å². The maximum Gasteiger partial charge on any atom is 0.338 e. The van der Waals surface area contributed by atoms with Gasteiger partial charge in [0.15, 0.2) is 4.80 Å². The summed E-state index contributed by atoms with van der Waals surface area (Å²) in [4.78, 5) is 32.2. The van der Waals surface area contributed by atoms with Gasteiger partial charge in [-0.25, -0.2) is 9.79 Å². The molecule has 0 radical (unpaired) electrons. The Kier molecular flexibility index (Phi) is 8.26. The van der Waals surface area contributed by atoms with Gasteiger partial charge in [0, 0.05) is 10.0 Å². The summed E-state index contributed by atoms with van der Waals surface area (Å²) in [5.74, 6) is 0.579. The summed E-state index contributed by atoms with van der Waals surface area (Å²) in [6.45, 7) is 7.68. The number of allylic oxidation sites excluding steroid dienone is 1. The van der Waals surface area contributed by atoms with E-state index in [1.807, 2.05) is 25.1 Å². The van der Waals surface area contributed by atoms with Crippen molar-refractivity contribution in [2.24, 2.45) is 4.99 Å². The zero-order chi connectivity index (χ0) is 26.9. The quantitative estimate of drug-likeness (QED) is 0.354. The third kappa shape index (κ3) is 5.54. The molecule has 0 bridgehead atoms.